The summed E-state index contributed by atoms with van der Waals surface area (Å²) < 4.78 is 10.6. The summed E-state index contributed by atoms with van der Waals surface area (Å²) in [5.74, 6) is 16.0. The summed E-state index contributed by atoms with van der Waals surface area (Å²) in [6.45, 7) is 8.55. The molecule has 0 aliphatic carbocycles. The van der Waals surface area contributed by atoms with E-state index in [1.807, 2.05) is 32.9 Å². The highest BCUT2D eigenvalue weighted by Gasteiger charge is 2.32. The first-order valence-corrected chi connectivity index (χ1v) is 17.3. The molecule has 3 aromatic carbocycles. The number of rotatable bonds is 18. The molecule has 0 aliphatic heterocycles. The number of nitrogens with zero attached hydrogens (tertiary/aromatic N) is 4. The predicted octanol–water partition coefficient (Wildman–Crippen LogP) is 3.78. The van der Waals surface area contributed by atoms with E-state index in [9.17, 15) is 24.0 Å². The molecule has 0 unspecified atom stereocenters. The van der Waals surface area contributed by atoms with Crippen molar-refractivity contribution in [3.05, 3.63) is 77.9 Å². The number of hydrazine groups is 2. The zero-order chi connectivity index (χ0) is 40.2. The maximum atomic E-state index is 13.9. The molecule has 0 saturated carbocycles. The number of aryl methyl sites for hydroxylation is 1. The minimum atomic E-state index is -1.16. The van der Waals surface area contributed by atoms with Crippen LogP contribution in [-0.4, -0.2) is 85.3 Å². The maximum absolute atomic E-state index is 13.9. The minimum absolute atomic E-state index is 0.162. The highest BCUT2D eigenvalue weighted by Crippen LogP contribution is 2.25. The Kier molecular flexibility index (Phi) is 15.3. The van der Waals surface area contributed by atoms with Crippen molar-refractivity contribution in [2.45, 2.75) is 53.0 Å². The number of nitrogens with two attached hydrogens (primary N) is 3. The van der Waals surface area contributed by atoms with Crippen molar-refractivity contribution in [2.24, 2.45) is 23.5 Å². The van der Waals surface area contributed by atoms with Crippen molar-refractivity contribution >= 4 is 46.7 Å². The quantitative estimate of drug-likeness (QED) is 0.0831. The second-order valence-electron chi connectivity index (χ2n) is 13.6. The van der Waals surface area contributed by atoms with Gasteiger partial charge in [0, 0.05) is 30.4 Å². The number of nitrogens with one attached hydrogen (secondary N) is 1. The van der Waals surface area contributed by atoms with Gasteiger partial charge in [-0.3, -0.25) is 19.2 Å². The second-order valence-corrected chi connectivity index (χ2v) is 13.6. The van der Waals surface area contributed by atoms with Crippen molar-refractivity contribution in [1.29, 1.82) is 0 Å². The number of ether oxygens (including phenoxy) is 2. The Morgan fingerprint density at radius 3 is 1.98 bits per heavy atom. The lowest BCUT2D eigenvalue weighted by molar-refractivity contribution is -0.144. The van der Waals surface area contributed by atoms with Gasteiger partial charge >= 0.3 is 12.0 Å². The number of methoxy groups -OCH3 is 2. The lowest BCUT2D eigenvalue weighted by Gasteiger charge is -2.32. The van der Waals surface area contributed by atoms with Crippen molar-refractivity contribution in [1.82, 2.24) is 9.80 Å². The Hall–Kier alpha value is -5.71. The zero-order valence-corrected chi connectivity index (χ0v) is 32.0. The van der Waals surface area contributed by atoms with E-state index in [2.05, 4.69) is 10.2 Å². The van der Waals surface area contributed by atoms with Gasteiger partial charge in [0.2, 0.25) is 5.91 Å². The molecular formula is C38H52N8O8. The molecule has 3 aromatic rings. The van der Waals surface area contributed by atoms with E-state index >= 15 is 0 Å². The second kappa shape index (κ2) is 19.4. The Morgan fingerprint density at radius 1 is 0.815 bits per heavy atom. The molecule has 0 aliphatic rings. The molecule has 0 aromatic heterocycles. The van der Waals surface area contributed by atoms with Crippen molar-refractivity contribution in [2.75, 3.05) is 55.7 Å². The van der Waals surface area contributed by atoms with Crippen molar-refractivity contribution in [3.63, 3.8) is 0 Å². The molecule has 0 radical (unpaired) electrons. The molecule has 292 valence electrons. The fraction of sp³-hybridized carbons (Fsp3) is 0.395. The van der Waals surface area contributed by atoms with Crippen LogP contribution in [0.2, 0.25) is 0 Å². The van der Waals surface area contributed by atoms with Crippen LogP contribution in [0.4, 0.5) is 21.9 Å². The molecule has 0 saturated heterocycles. The van der Waals surface area contributed by atoms with Gasteiger partial charge in [0.15, 0.2) is 5.78 Å². The van der Waals surface area contributed by atoms with Gasteiger partial charge in [-0.25, -0.2) is 26.5 Å². The highest BCUT2D eigenvalue weighted by atomic mass is 16.7. The van der Waals surface area contributed by atoms with E-state index < -0.39 is 35.9 Å². The van der Waals surface area contributed by atoms with Crippen molar-refractivity contribution < 1.29 is 38.3 Å². The first-order valence-electron chi connectivity index (χ1n) is 17.3. The molecule has 16 heteroatoms. The third-order valence-electron chi connectivity index (χ3n) is 8.68. The number of ketones is 1. The van der Waals surface area contributed by atoms with Crippen molar-refractivity contribution in [3.8, 4) is 11.5 Å². The SMILES string of the molecule is COc1cc(OC)cc(C(=O)N(CCC(=O)ON)CC(=O)N(CCC(C)C)CC(=O)C(C)(C)Nc2ccc(N(N)C(=O)N(N)c3ccccc3C)cc2)c1. The third-order valence-corrected chi connectivity index (χ3v) is 8.68. The number of hydrogen-bond acceptors (Lipinski definition) is 12. The monoisotopic (exact) mass is 748 g/mol. The van der Waals surface area contributed by atoms with Gasteiger partial charge in [-0.05, 0) is 81.1 Å². The zero-order valence-electron chi connectivity index (χ0n) is 32.0. The van der Waals surface area contributed by atoms with Crippen LogP contribution in [0.15, 0.2) is 66.7 Å². The summed E-state index contributed by atoms with van der Waals surface area (Å²) in [5.41, 5.74) is 1.22. The van der Waals surface area contributed by atoms with Gasteiger partial charge in [0.1, 0.15) is 18.0 Å². The first-order chi connectivity index (χ1) is 25.5. The van der Waals surface area contributed by atoms with Crippen LogP contribution in [0, 0.1) is 12.8 Å². The molecule has 0 heterocycles. The van der Waals surface area contributed by atoms with Crippen LogP contribution < -0.4 is 42.4 Å². The summed E-state index contributed by atoms with van der Waals surface area (Å²) in [6, 6.07) is 17.6. The first kappa shape index (κ1) is 42.7. The van der Waals surface area contributed by atoms with E-state index in [4.69, 9.17) is 27.1 Å². The van der Waals surface area contributed by atoms with E-state index in [1.54, 1.807) is 56.3 Å². The fourth-order valence-electron chi connectivity index (χ4n) is 5.29. The standard InChI is InChI=1S/C38H52N8O8/c1-25(2)16-18-43(34(48)24-44(19-17-35(49)54-41)36(50)27-20-30(52-6)22-31(21-27)53-7)23-33(47)38(4,5)42-28-12-14-29(15-13-28)45(39)37(51)46(40)32-11-9-8-10-26(32)3/h8-15,20-22,25,42H,16-19,23-24,39-41H2,1-7H3. The summed E-state index contributed by atoms with van der Waals surface area (Å²) in [7, 11) is 2.88. The molecule has 0 atom stereocenters. The molecule has 7 N–H and O–H groups in total. The summed E-state index contributed by atoms with van der Waals surface area (Å²) in [6.07, 6.45) is 0.317. The molecule has 0 spiro atoms. The molecule has 3 rings (SSSR count). The highest BCUT2D eigenvalue weighted by molar-refractivity contribution is 6.02. The molecular weight excluding hydrogens is 696 g/mol. The molecule has 0 fully saturated rings. The van der Waals surface area contributed by atoms with Gasteiger partial charge in [-0.1, -0.05) is 32.0 Å². The summed E-state index contributed by atoms with van der Waals surface area (Å²) in [5, 5.41) is 5.09. The molecule has 54 heavy (non-hydrogen) atoms. The Labute approximate surface area is 315 Å². The van der Waals surface area contributed by atoms with E-state index in [0.29, 0.717) is 35.0 Å². The lowest BCUT2D eigenvalue weighted by atomic mass is 9.97. The van der Waals surface area contributed by atoms with Gasteiger partial charge < -0.3 is 29.4 Å². The average molecular weight is 749 g/mol. The summed E-state index contributed by atoms with van der Waals surface area (Å²) in [4.78, 5) is 73.3. The largest absolute Gasteiger partial charge is 0.497 e. The molecule has 4 amide bonds. The lowest BCUT2D eigenvalue weighted by Crippen LogP contribution is -2.51. The van der Waals surface area contributed by atoms with Crippen LogP contribution in [0.5, 0.6) is 11.5 Å². The van der Waals surface area contributed by atoms with Gasteiger partial charge in [-0.15, -0.1) is 0 Å². The number of urea groups is 1. The smallest absolute Gasteiger partial charge is 0.357 e. The van der Waals surface area contributed by atoms with Gasteiger partial charge in [0.25, 0.3) is 5.91 Å². The van der Waals surface area contributed by atoms with E-state index in [1.165, 1.54) is 36.2 Å². The van der Waals surface area contributed by atoms with Crippen LogP contribution in [0.25, 0.3) is 0 Å². The van der Waals surface area contributed by atoms with Crippen LogP contribution in [-0.2, 0) is 19.2 Å². The number of anilines is 3. The average Bonchev–Trinajstić information content (AvgIpc) is 3.16. The number of Topliss-reactive ketones (excluding diaryl/α,β-unsaturated/α-hetero) is 1. The van der Waals surface area contributed by atoms with Crippen LogP contribution in [0.3, 0.4) is 0 Å². The Morgan fingerprint density at radius 2 is 1.43 bits per heavy atom. The Balaban J connectivity index is 1.77. The number of amides is 4. The predicted molar refractivity (Wildman–Crippen MR) is 205 cm³/mol. The normalized spacial score (nSPS) is 11.0. The number of hydrogen-bond donors (Lipinski definition) is 4. The van der Waals surface area contributed by atoms with E-state index in [0.717, 1.165) is 15.6 Å². The van der Waals surface area contributed by atoms with Crippen LogP contribution >= 0.6 is 0 Å². The number of carbonyl (C=O) groups is 5. The number of benzene rings is 3. The number of para-hydroxylation sites is 1. The van der Waals surface area contributed by atoms with Gasteiger partial charge in [0.05, 0.1) is 44.1 Å². The Bertz CT molecular complexity index is 1760. The number of carbonyl (C=O) groups excluding carboxylic acids is 5. The fourth-order valence-corrected chi connectivity index (χ4v) is 5.29. The van der Waals surface area contributed by atoms with Gasteiger partial charge in [-0.2, -0.15) is 5.90 Å². The molecule has 16 nitrogen and oxygen atoms in total. The summed E-state index contributed by atoms with van der Waals surface area (Å²) >= 11 is 0. The molecule has 0 bridgehead atoms. The topological polar surface area (TPSA) is 216 Å². The maximum Gasteiger partial charge on any atom is 0.357 e. The van der Waals surface area contributed by atoms with Crippen LogP contribution in [0.1, 0.15) is 56.5 Å². The van der Waals surface area contributed by atoms with E-state index in [-0.39, 0.29) is 43.3 Å². The minimum Gasteiger partial charge on any atom is -0.497 e. The third kappa shape index (κ3) is 11.6.